The number of amides is 1. The fraction of sp³-hybridized carbons (Fsp3) is 0.250. The normalized spacial score (nSPS) is 11.6. The minimum atomic E-state index is -0.452. The molecule has 22 heavy (non-hydrogen) atoms. The molecule has 0 aliphatic heterocycles. The number of ether oxygens (including phenoxy) is 1. The van der Waals surface area contributed by atoms with Gasteiger partial charge in [0.05, 0.1) is 30.7 Å². The van der Waals surface area contributed by atoms with Crippen LogP contribution in [0.2, 0.25) is 0 Å². The molecule has 0 saturated heterocycles. The van der Waals surface area contributed by atoms with E-state index in [0.29, 0.717) is 29.4 Å². The summed E-state index contributed by atoms with van der Waals surface area (Å²) in [6.45, 7) is 2.11. The Bertz CT molecular complexity index is 627. The fourth-order valence-electron chi connectivity index (χ4n) is 1.86. The molecule has 0 radical (unpaired) electrons. The zero-order valence-electron chi connectivity index (χ0n) is 12.5. The molecule has 0 unspecified atom stereocenters. The molecule has 1 heterocycles. The average Bonchev–Trinajstić information content (AvgIpc) is 2.54. The van der Waals surface area contributed by atoms with Gasteiger partial charge in [-0.1, -0.05) is 12.1 Å². The molecular weight excluding hydrogens is 282 g/mol. The number of aliphatic hydroxyl groups excluding tert-OH is 1. The quantitative estimate of drug-likeness (QED) is 0.761. The number of aliphatic hydroxyl groups is 1. The first-order valence-corrected chi connectivity index (χ1v) is 6.92. The maximum absolute atomic E-state index is 12.2. The molecular formula is C16H19N3O3. The van der Waals surface area contributed by atoms with Crippen LogP contribution >= 0.6 is 0 Å². The molecule has 0 fully saturated rings. The number of hydrogen-bond acceptors (Lipinski definition) is 5. The van der Waals surface area contributed by atoms with E-state index in [4.69, 9.17) is 4.74 Å². The first-order valence-electron chi connectivity index (χ1n) is 6.92. The van der Waals surface area contributed by atoms with E-state index in [1.165, 1.54) is 7.11 Å². The summed E-state index contributed by atoms with van der Waals surface area (Å²) >= 11 is 0. The van der Waals surface area contributed by atoms with Crippen LogP contribution in [0.25, 0.3) is 0 Å². The average molecular weight is 301 g/mol. The number of pyridine rings is 1. The van der Waals surface area contributed by atoms with Gasteiger partial charge >= 0.3 is 0 Å². The number of nitrogens with zero attached hydrogens (tertiary/aromatic N) is 1. The maximum atomic E-state index is 12.2. The van der Waals surface area contributed by atoms with Crippen LogP contribution in [0, 0.1) is 0 Å². The second-order valence-corrected chi connectivity index (χ2v) is 4.82. The highest BCUT2D eigenvalue weighted by Gasteiger charge is 2.11. The highest BCUT2D eigenvalue weighted by Crippen LogP contribution is 2.19. The molecule has 1 atom stereocenters. The summed E-state index contributed by atoms with van der Waals surface area (Å²) in [5, 5.41) is 15.0. The number of hydrogen-bond donors (Lipinski definition) is 3. The van der Waals surface area contributed by atoms with Crippen molar-refractivity contribution in [3.05, 3.63) is 48.2 Å². The molecule has 2 aromatic rings. The van der Waals surface area contributed by atoms with Gasteiger partial charge in [-0.25, -0.2) is 4.98 Å². The molecule has 1 aromatic heterocycles. The number of carbonyl (C=O) groups excluding carboxylic acids is 1. The van der Waals surface area contributed by atoms with Crippen molar-refractivity contribution in [2.75, 3.05) is 24.3 Å². The van der Waals surface area contributed by atoms with Crippen LogP contribution in [-0.4, -0.2) is 35.8 Å². The highest BCUT2D eigenvalue weighted by molar-refractivity contribution is 6.06. The van der Waals surface area contributed by atoms with Gasteiger partial charge in [0, 0.05) is 6.54 Å². The summed E-state index contributed by atoms with van der Waals surface area (Å²) in [5.41, 5.74) is 1.04. The van der Waals surface area contributed by atoms with E-state index in [0.717, 1.165) is 0 Å². The minimum Gasteiger partial charge on any atom is -0.496 e. The minimum absolute atomic E-state index is 0.260. The van der Waals surface area contributed by atoms with Gasteiger partial charge in [-0.2, -0.15) is 0 Å². The SMILES string of the molecule is COc1ccccc1C(=O)Nc1ccc(NC[C@@H](C)O)nc1. The van der Waals surface area contributed by atoms with Crippen molar-refractivity contribution in [2.45, 2.75) is 13.0 Å². The van der Waals surface area contributed by atoms with Crippen molar-refractivity contribution in [1.29, 1.82) is 0 Å². The molecule has 1 aromatic carbocycles. The van der Waals surface area contributed by atoms with Gasteiger partial charge < -0.3 is 20.5 Å². The topological polar surface area (TPSA) is 83.5 Å². The Labute approximate surface area is 129 Å². The number of aromatic nitrogens is 1. The predicted molar refractivity (Wildman–Crippen MR) is 85.4 cm³/mol. The van der Waals surface area contributed by atoms with Gasteiger partial charge in [0.15, 0.2) is 0 Å². The summed E-state index contributed by atoms with van der Waals surface area (Å²) in [7, 11) is 1.52. The molecule has 0 aliphatic carbocycles. The Morgan fingerprint density at radius 2 is 2.09 bits per heavy atom. The molecule has 116 valence electrons. The third-order valence-corrected chi connectivity index (χ3v) is 2.95. The van der Waals surface area contributed by atoms with Gasteiger partial charge in [0.25, 0.3) is 5.91 Å². The number of methoxy groups -OCH3 is 1. The van der Waals surface area contributed by atoms with E-state index in [1.54, 1.807) is 49.5 Å². The van der Waals surface area contributed by atoms with Crippen LogP contribution in [0.1, 0.15) is 17.3 Å². The smallest absolute Gasteiger partial charge is 0.259 e. The lowest BCUT2D eigenvalue weighted by molar-refractivity contribution is 0.102. The van der Waals surface area contributed by atoms with E-state index in [9.17, 15) is 9.90 Å². The summed E-state index contributed by atoms with van der Waals surface area (Å²) in [6, 6.07) is 10.5. The van der Waals surface area contributed by atoms with E-state index >= 15 is 0 Å². The number of para-hydroxylation sites is 1. The van der Waals surface area contributed by atoms with E-state index < -0.39 is 6.10 Å². The fourth-order valence-corrected chi connectivity index (χ4v) is 1.86. The van der Waals surface area contributed by atoms with Crippen molar-refractivity contribution < 1.29 is 14.6 Å². The van der Waals surface area contributed by atoms with E-state index in [2.05, 4.69) is 15.6 Å². The van der Waals surface area contributed by atoms with Crippen molar-refractivity contribution >= 4 is 17.4 Å². The molecule has 6 heteroatoms. The lowest BCUT2D eigenvalue weighted by Gasteiger charge is -2.10. The Balaban J connectivity index is 2.02. The molecule has 3 N–H and O–H groups in total. The molecule has 2 rings (SSSR count). The third kappa shape index (κ3) is 4.20. The van der Waals surface area contributed by atoms with E-state index in [-0.39, 0.29) is 5.91 Å². The molecule has 0 spiro atoms. The van der Waals surface area contributed by atoms with Crippen LogP contribution in [0.15, 0.2) is 42.6 Å². The maximum Gasteiger partial charge on any atom is 0.259 e. The molecule has 0 bridgehead atoms. The summed E-state index contributed by atoms with van der Waals surface area (Å²) in [5.74, 6) is 0.892. The van der Waals surface area contributed by atoms with Gasteiger partial charge in [0.1, 0.15) is 11.6 Å². The number of rotatable bonds is 6. The van der Waals surface area contributed by atoms with Gasteiger partial charge in [0.2, 0.25) is 0 Å². The number of carbonyl (C=O) groups is 1. The van der Waals surface area contributed by atoms with Crippen molar-refractivity contribution in [3.8, 4) is 5.75 Å². The number of benzene rings is 1. The number of nitrogens with one attached hydrogen (secondary N) is 2. The zero-order chi connectivity index (χ0) is 15.9. The molecule has 0 saturated carbocycles. The number of anilines is 2. The molecule has 0 aliphatic rings. The van der Waals surface area contributed by atoms with Crippen molar-refractivity contribution in [2.24, 2.45) is 0 Å². The van der Waals surface area contributed by atoms with Crippen LogP contribution in [0.4, 0.5) is 11.5 Å². The molecule has 1 amide bonds. The Morgan fingerprint density at radius 1 is 1.32 bits per heavy atom. The third-order valence-electron chi connectivity index (χ3n) is 2.95. The monoisotopic (exact) mass is 301 g/mol. The zero-order valence-corrected chi connectivity index (χ0v) is 12.5. The second kappa shape index (κ2) is 7.42. The Morgan fingerprint density at radius 3 is 2.73 bits per heavy atom. The van der Waals surface area contributed by atoms with E-state index in [1.807, 2.05) is 0 Å². The lowest BCUT2D eigenvalue weighted by Crippen LogP contribution is -2.16. The molecule has 6 nitrogen and oxygen atoms in total. The summed E-state index contributed by atoms with van der Waals surface area (Å²) in [4.78, 5) is 16.4. The first-order chi connectivity index (χ1) is 10.6. The van der Waals surface area contributed by atoms with Gasteiger partial charge in [-0.15, -0.1) is 0 Å². The van der Waals surface area contributed by atoms with Crippen molar-refractivity contribution in [1.82, 2.24) is 4.98 Å². The Hall–Kier alpha value is -2.60. The van der Waals surface area contributed by atoms with Crippen LogP contribution < -0.4 is 15.4 Å². The van der Waals surface area contributed by atoms with Crippen LogP contribution in [-0.2, 0) is 0 Å². The second-order valence-electron chi connectivity index (χ2n) is 4.82. The van der Waals surface area contributed by atoms with Gasteiger partial charge in [-0.3, -0.25) is 4.79 Å². The summed E-state index contributed by atoms with van der Waals surface area (Å²) < 4.78 is 5.17. The first kappa shape index (κ1) is 15.8. The van der Waals surface area contributed by atoms with Gasteiger partial charge in [-0.05, 0) is 31.2 Å². The standard InChI is InChI=1S/C16H19N3O3/c1-11(20)9-17-15-8-7-12(10-18-15)19-16(21)13-5-3-4-6-14(13)22-2/h3-8,10-11,20H,9H2,1-2H3,(H,17,18)(H,19,21)/t11-/m1/s1. The van der Waals surface area contributed by atoms with Crippen molar-refractivity contribution in [3.63, 3.8) is 0 Å². The lowest BCUT2D eigenvalue weighted by atomic mass is 10.2. The highest BCUT2D eigenvalue weighted by atomic mass is 16.5. The Kier molecular flexibility index (Phi) is 5.32. The summed E-state index contributed by atoms with van der Waals surface area (Å²) in [6.07, 6.45) is 1.10. The van der Waals surface area contributed by atoms with Crippen LogP contribution in [0.3, 0.4) is 0 Å². The predicted octanol–water partition coefficient (Wildman–Crippen LogP) is 2.14. The largest absolute Gasteiger partial charge is 0.496 e. The van der Waals surface area contributed by atoms with Crippen LogP contribution in [0.5, 0.6) is 5.75 Å².